The molecular weight excluding hydrogens is 218 g/mol. The van der Waals surface area contributed by atoms with Crippen molar-refractivity contribution in [3.05, 3.63) is 0 Å². The van der Waals surface area contributed by atoms with Crippen LogP contribution in [0.3, 0.4) is 0 Å². The molecule has 17 heavy (non-hydrogen) atoms. The number of hydrogen-bond acceptors (Lipinski definition) is 3. The number of rotatable bonds is 7. The van der Waals surface area contributed by atoms with E-state index in [1.165, 1.54) is 0 Å². The summed E-state index contributed by atoms with van der Waals surface area (Å²) < 4.78 is 0. The van der Waals surface area contributed by atoms with E-state index >= 15 is 0 Å². The third-order valence-electron chi connectivity index (χ3n) is 3.06. The molecule has 1 saturated heterocycles. The monoisotopic (exact) mass is 241 g/mol. The summed E-state index contributed by atoms with van der Waals surface area (Å²) in [5, 5.41) is 2.91. The van der Waals surface area contributed by atoms with Crippen LogP contribution in [0.5, 0.6) is 0 Å². The topological polar surface area (TPSA) is 52.7 Å². The van der Waals surface area contributed by atoms with Crippen molar-refractivity contribution in [1.82, 2.24) is 15.1 Å². The maximum Gasteiger partial charge on any atom is 0.221 e. The minimum absolute atomic E-state index is 0.135. The van der Waals surface area contributed by atoms with Crippen LogP contribution in [0.2, 0.25) is 0 Å². The molecule has 98 valence electrons. The lowest BCUT2D eigenvalue weighted by Crippen LogP contribution is -2.46. The Morgan fingerprint density at radius 1 is 1.29 bits per heavy atom. The van der Waals surface area contributed by atoms with Crippen molar-refractivity contribution in [2.45, 2.75) is 26.2 Å². The Hall–Kier alpha value is -1.10. The van der Waals surface area contributed by atoms with E-state index in [0.717, 1.165) is 58.5 Å². The van der Waals surface area contributed by atoms with Crippen LogP contribution in [-0.4, -0.2) is 61.4 Å². The number of carbonyl (C=O) groups excluding carboxylic acids is 2. The van der Waals surface area contributed by atoms with E-state index in [1.54, 1.807) is 4.90 Å². The van der Waals surface area contributed by atoms with Crippen molar-refractivity contribution in [2.24, 2.45) is 0 Å². The summed E-state index contributed by atoms with van der Waals surface area (Å²) >= 11 is 0. The summed E-state index contributed by atoms with van der Waals surface area (Å²) in [5.74, 6) is 0.135. The average molecular weight is 241 g/mol. The van der Waals surface area contributed by atoms with Gasteiger partial charge in [0.05, 0.1) is 0 Å². The molecule has 1 aliphatic rings. The van der Waals surface area contributed by atoms with Crippen LogP contribution in [0.15, 0.2) is 0 Å². The van der Waals surface area contributed by atoms with Gasteiger partial charge in [-0.1, -0.05) is 13.3 Å². The number of nitrogens with zero attached hydrogens (tertiary/aromatic N) is 2. The van der Waals surface area contributed by atoms with E-state index < -0.39 is 0 Å². The first-order chi connectivity index (χ1) is 8.26. The molecule has 0 unspecified atom stereocenters. The van der Waals surface area contributed by atoms with E-state index in [0.29, 0.717) is 6.42 Å². The van der Waals surface area contributed by atoms with E-state index in [-0.39, 0.29) is 5.91 Å². The van der Waals surface area contributed by atoms with Gasteiger partial charge in [0.25, 0.3) is 0 Å². The van der Waals surface area contributed by atoms with Gasteiger partial charge < -0.3 is 10.2 Å². The van der Waals surface area contributed by atoms with Crippen molar-refractivity contribution >= 4 is 12.3 Å². The zero-order valence-corrected chi connectivity index (χ0v) is 10.7. The summed E-state index contributed by atoms with van der Waals surface area (Å²) in [6.07, 6.45) is 3.61. The quantitative estimate of drug-likeness (QED) is 0.507. The minimum Gasteiger partial charge on any atom is -0.356 e. The normalized spacial score (nSPS) is 16.9. The summed E-state index contributed by atoms with van der Waals surface area (Å²) in [7, 11) is 0. The van der Waals surface area contributed by atoms with Gasteiger partial charge in [0, 0.05) is 45.7 Å². The van der Waals surface area contributed by atoms with Gasteiger partial charge in [-0.3, -0.25) is 14.5 Å². The number of nitrogens with one attached hydrogen (secondary N) is 1. The molecule has 2 amide bonds. The van der Waals surface area contributed by atoms with Gasteiger partial charge in [0.1, 0.15) is 0 Å². The van der Waals surface area contributed by atoms with Gasteiger partial charge in [-0.2, -0.15) is 0 Å². The Morgan fingerprint density at radius 3 is 2.59 bits per heavy atom. The molecule has 1 heterocycles. The van der Waals surface area contributed by atoms with Crippen LogP contribution in [0.4, 0.5) is 0 Å². The Morgan fingerprint density at radius 2 is 2.00 bits per heavy atom. The highest BCUT2D eigenvalue weighted by molar-refractivity contribution is 5.76. The van der Waals surface area contributed by atoms with E-state index in [9.17, 15) is 9.59 Å². The first kappa shape index (κ1) is 14.0. The second-order valence-electron chi connectivity index (χ2n) is 4.44. The van der Waals surface area contributed by atoms with E-state index in [2.05, 4.69) is 17.1 Å². The molecule has 0 aromatic heterocycles. The van der Waals surface area contributed by atoms with Gasteiger partial charge in [0.15, 0.2) is 0 Å². The minimum atomic E-state index is 0.135. The third-order valence-corrected chi connectivity index (χ3v) is 3.06. The Labute approximate surface area is 103 Å². The van der Waals surface area contributed by atoms with Gasteiger partial charge in [-0.05, 0) is 6.42 Å². The van der Waals surface area contributed by atoms with Crippen molar-refractivity contribution in [1.29, 1.82) is 0 Å². The standard InChI is InChI=1S/C12H23N3O2/c1-2-3-5-13-12(17)4-6-14-7-9-15(11-16)10-8-14/h11H,2-10H2,1H3,(H,13,17). The summed E-state index contributed by atoms with van der Waals surface area (Å²) in [5.41, 5.74) is 0. The maximum atomic E-state index is 11.5. The molecule has 1 N–H and O–H groups in total. The zero-order valence-electron chi connectivity index (χ0n) is 10.7. The van der Waals surface area contributed by atoms with Crippen LogP contribution in [0, 0.1) is 0 Å². The molecule has 0 bridgehead atoms. The Bertz CT molecular complexity index is 238. The molecule has 1 aliphatic heterocycles. The van der Waals surface area contributed by atoms with Crippen LogP contribution < -0.4 is 5.32 Å². The lowest BCUT2D eigenvalue weighted by molar-refractivity contribution is -0.122. The van der Waals surface area contributed by atoms with Crippen LogP contribution in [0.25, 0.3) is 0 Å². The fourth-order valence-corrected chi connectivity index (χ4v) is 1.84. The molecule has 0 atom stereocenters. The van der Waals surface area contributed by atoms with Gasteiger partial charge in [-0.15, -0.1) is 0 Å². The highest BCUT2D eigenvalue weighted by Gasteiger charge is 2.15. The van der Waals surface area contributed by atoms with E-state index in [4.69, 9.17) is 0 Å². The molecule has 1 rings (SSSR count). The predicted molar refractivity (Wildman–Crippen MR) is 66.6 cm³/mol. The van der Waals surface area contributed by atoms with Crippen molar-refractivity contribution in [2.75, 3.05) is 39.3 Å². The fourth-order valence-electron chi connectivity index (χ4n) is 1.84. The Kier molecular flexibility index (Phi) is 6.62. The fraction of sp³-hybridized carbons (Fsp3) is 0.833. The molecule has 0 aliphatic carbocycles. The smallest absolute Gasteiger partial charge is 0.221 e. The number of hydrogen-bond donors (Lipinski definition) is 1. The molecule has 0 spiro atoms. The lowest BCUT2D eigenvalue weighted by atomic mass is 10.3. The number of carbonyl (C=O) groups is 2. The second-order valence-corrected chi connectivity index (χ2v) is 4.44. The molecule has 0 radical (unpaired) electrons. The first-order valence-electron chi connectivity index (χ1n) is 6.44. The lowest BCUT2D eigenvalue weighted by Gasteiger charge is -2.32. The highest BCUT2D eigenvalue weighted by atomic mass is 16.1. The number of piperazine rings is 1. The molecule has 5 heteroatoms. The van der Waals surface area contributed by atoms with Crippen molar-refractivity contribution < 1.29 is 9.59 Å². The molecule has 0 aromatic rings. The SMILES string of the molecule is CCCCNC(=O)CCN1CCN(C=O)CC1. The van der Waals surface area contributed by atoms with Crippen LogP contribution in [-0.2, 0) is 9.59 Å². The van der Waals surface area contributed by atoms with Crippen LogP contribution in [0.1, 0.15) is 26.2 Å². The molecule has 5 nitrogen and oxygen atoms in total. The molecular formula is C12H23N3O2. The van der Waals surface area contributed by atoms with Crippen molar-refractivity contribution in [3.8, 4) is 0 Å². The van der Waals surface area contributed by atoms with Gasteiger partial charge in [-0.25, -0.2) is 0 Å². The molecule has 0 saturated carbocycles. The number of amides is 2. The van der Waals surface area contributed by atoms with Gasteiger partial charge >= 0.3 is 0 Å². The van der Waals surface area contributed by atoms with E-state index in [1.807, 2.05) is 0 Å². The first-order valence-corrected chi connectivity index (χ1v) is 6.44. The Balaban J connectivity index is 2.06. The third kappa shape index (κ3) is 5.68. The average Bonchev–Trinajstić information content (AvgIpc) is 2.37. The summed E-state index contributed by atoms with van der Waals surface area (Å²) in [6.45, 7) is 7.00. The van der Waals surface area contributed by atoms with Crippen LogP contribution >= 0.6 is 0 Å². The summed E-state index contributed by atoms with van der Waals surface area (Å²) in [6, 6.07) is 0. The largest absolute Gasteiger partial charge is 0.356 e. The maximum absolute atomic E-state index is 11.5. The van der Waals surface area contributed by atoms with Crippen molar-refractivity contribution in [3.63, 3.8) is 0 Å². The highest BCUT2D eigenvalue weighted by Crippen LogP contribution is 2.00. The predicted octanol–water partition coefficient (Wildman–Crippen LogP) is 0.0668. The molecule has 1 fully saturated rings. The number of unbranched alkanes of at least 4 members (excludes halogenated alkanes) is 1. The zero-order chi connectivity index (χ0) is 12.5. The molecule has 0 aromatic carbocycles. The van der Waals surface area contributed by atoms with Gasteiger partial charge in [0.2, 0.25) is 12.3 Å². The second kappa shape index (κ2) is 8.06. The summed E-state index contributed by atoms with van der Waals surface area (Å²) in [4.78, 5) is 26.0.